The average Bonchev–Trinajstić information content (AvgIpc) is 2.44. The number of carbonyl (C=O) groups excluding carboxylic acids is 1. The van der Waals surface area contributed by atoms with Crippen LogP contribution in [-0.4, -0.2) is 31.9 Å². The number of carbonyl (C=O) groups is 1. The molecule has 1 aromatic carbocycles. The van der Waals surface area contributed by atoms with Crippen LogP contribution in [0, 0.1) is 0 Å². The van der Waals surface area contributed by atoms with Crippen LogP contribution in [0.4, 0.5) is 0 Å². The summed E-state index contributed by atoms with van der Waals surface area (Å²) < 4.78 is 10.4. The molecule has 0 heterocycles. The maximum absolute atomic E-state index is 11.8. The first kappa shape index (κ1) is 15.7. The molecule has 0 saturated carbocycles. The second-order valence-corrected chi connectivity index (χ2v) is 5.48. The van der Waals surface area contributed by atoms with Crippen LogP contribution in [0.3, 0.4) is 0 Å². The van der Waals surface area contributed by atoms with Crippen molar-refractivity contribution in [3.8, 4) is 11.5 Å². The molecule has 0 aliphatic rings. The van der Waals surface area contributed by atoms with E-state index in [2.05, 4.69) is 5.32 Å². The normalized spacial score (nSPS) is 11.8. The van der Waals surface area contributed by atoms with Gasteiger partial charge < -0.3 is 14.8 Å². The van der Waals surface area contributed by atoms with E-state index >= 15 is 0 Å². The highest BCUT2D eigenvalue weighted by Gasteiger charge is 2.14. The molecule has 106 valence electrons. The molecule has 1 N–H and O–H groups in total. The van der Waals surface area contributed by atoms with E-state index in [1.807, 2.05) is 32.0 Å². The molecule has 0 bridgehead atoms. The summed E-state index contributed by atoms with van der Waals surface area (Å²) >= 11 is 1.50. The van der Waals surface area contributed by atoms with Crippen LogP contribution in [0.5, 0.6) is 11.5 Å². The highest BCUT2D eigenvalue weighted by molar-refractivity contribution is 8.00. The summed E-state index contributed by atoms with van der Waals surface area (Å²) in [5.41, 5.74) is 0. The van der Waals surface area contributed by atoms with Crippen LogP contribution in [0.25, 0.3) is 0 Å². The summed E-state index contributed by atoms with van der Waals surface area (Å²) in [4.78, 5) is 12.8. The number of rotatable bonds is 7. The van der Waals surface area contributed by atoms with Crippen molar-refractivity contribution in [2.24, 2.45) is 0 Å². The van der Waals surface area contributed by atoms with Crippen LogP contribution in [0.15, 0.2) is 23.1 Å². The van der Waals surface area contributed by atoms with E-state index in [9.17, 15) is 4.79 Å². The second kappa shape index (κ2) is 7.94. The standard InChI is InChI=1S/C14H21NO3S/c1-5-8-15-14(16)10(2)19-11-6-7-12(17-3)13(9-11)18-4/h6-7,9-10H,5,8H2,1-4H3,(H,15,16). The monoisotopic (exact) mass is 283 g/mol. The first-order valence-corrected chi connectivity index (χ1v) is 7.16. The molecule has 0 aliphatic heterocycles. The SMILES string of the molecule is CCCNC(=O)C(C)Sc1ccc(OC)c(OC)c1. The Morgan fingerprint density at radius 3 is 2.58 bits per heavy atom. The number of hydrogen-bond donors (Lipinski definition) is 1. The van der Waals surface area contributed by atoms with Gasteiger partial charge in [-0.1, -0.05) is 6.92 Å². The van der Waals surface area contributed by atoms with Crippen LogP contribution in [0.1, 0.15) is 20.3 Å². The molecule has 1 unspecified atom stereocenters. The maximum atomic E-state index is 11.8. The number of thioether (sulfide) groups is 1. The average molecular weight is 283 g/mol. The Bertz CT molecular complexity index is 423. The molecule has 0 saturated heterocycles. The van der Waals surface area contributed by atoms with Gasteiger partial charge in [-0.25, -0.2) is 0 Å². The molecule has 0 aliphatic carbocycles. The van der Waals surface area contributed by atoms with Gasteiger partial charge in [0.1, 0.15) is 0 Å². The zero-order valence-corrected chi connectivity index (χ0v) is 12.7. The van der Waals surface area contributed by atoms with E-state index in [0.29, 0.717) is 11.5 Å². The van der Waals surface area contributed by atoms with Crippen LogP contribution >= 0.6 is 11.8 Å². The van der Waals surface area contributed by atoms with E-state index in [1.54, 1.807) is 14.2 Å². The fourth-order valence-electron chi connectivity index (χ4n) is 1.54. The van der Waals surface area contributed by atoms with E-state index in [-0.39, 0.29) is 11.2 Å². The van der Waals surface area contributed by atoms with Gasteiger partial charge in [0.15, 0.2) is 11.5 Å². The maximum Gasteiger partial charge on any atom is 0.233 e. The van der Waals surface area contributed by atoms with Gasteiger partial charge in [0.05, 0.1) is 19.5 Å². The fraction of sp³-hybridized carbons (Fsp3) is 0.500. The molecule has 0 radical (unpaired) electrons. The van der Waals surface area contributed by atoms with Crippen molar-refractivity contribution in [1.29, 1.82) is 0 Å². The van der Waals surface area contributed by atoms with Crippen molar-refractivity contribution < 1.29 is 14.3 Å². The van der Waals surface area contributed by atoms with Gasteiger partial charge in [-0.05, 0) is 31.5 Å². The number of benzene rings is 1. The van der Waals surface area contributed by atoms with Gasteiger partial charge in [-0.3, -0.25) is 4.79 Å². The minimum atomic E-state index is -0.135. The predicted molar refractivity (Wildman–Crippen MR) is 78.2 cm³/mol. The van der Waals surface area contributed by atoms with Gasteiger partial charge in [0.25, 0.3) is 0 Å². The van der Waals surface area contributed by atoms with Crippen LogP contribution in [0.2, 0.25) is 0 Å². The molecule has 0 fully saturated rings. The van der Waals surface area contributed by atoms with E-state index in [0.717, 1.165) is 17.9 Å². The molecule has 0 aromatic heterocycles. The number of hydrogen-bond acceptors (Lipinski definition) is 4. The first-order chi connectivity index (χ1) is 9.12. The third-order valence-corrected chi connectivity index (χ3v) is 3.68. The van der Waals surface area contributed by atoms with Gasteiger partial charge in [0.2, 0.25) is 5.91 Å². The number of nitrogens with one attached hydrogen (secondary N) is 1. The second-order valence-electron chi connectivity index (χ2n) is 4.07. The van der Waals surface area contributed by atoms with E-state index < -0.39 is 0 Å². The summed E-state index contributed by atoms with van der Waals surface area (Å²) in [5.74, 6) is 1.42. The van der Waals surface area contributed by atoms with Crippen molar-refractivity contribution in [2.75, 3.05) is 20.8 Å². The number of amides is 1. The van der Waals surface area contributed by atoms with Crippen molar-refractivity contribution in [1.82, 2.24) is 5.32 Å². The van der Waals surface area contributed by atoms with Crippen molar-refractivity contribution in [3.63, 3.8) is 0 Å². The van der Waals surface area contributed by atoms with Crippen molar-refractivity contribution >= 4 is 17.7 Å². The van der Waals surface area contributed by atoms with Crippen molar-refractivity contribution in [3.05, 3.63) is 18.2 Å². The molecule has 5 heteroatoms. The number of methoxy groups -OCH3 is 2. The van der Waals surface area contributed by atoms with Gasteiger partial charge in [-0.15, -0.1) is 11.8 Å². The zero-order chi connectivity index (χ0) is 14.3. The number of ether oxygens (including phenoxy) is 2. The molecule has 1 atom stereocenters. The largest absolute Gasteiger partial charge is 0.493 e. The zero-order valence-electron chi connectivity index (χ0n) is 11.9. The highest BCUT2D eigenvalue weighted by atomic mass is 32.2. The topological polar surface area (TPSA) is 47.6 Å². The van der Waals surface area contributed by atoms with Crippen LogP contribution in [-0.2, 0) is 4.79 Å². The van der Waals surface area contributed by atoms with Gasteiger partial charge in [0, 0.05) is 11.4 Å². The molecular weight excluding hydrogens is 262 g/mol. The smallest absolute Gasteiger partial charge is 0.233 e. The van der Waals surface area contributed by atoms with Crippen LogP contribution < -0.4 is 14.8 Å². The van der Waals surface area contributed by atoms with Crippen molar-refractivity contribution in [2.45, 2.75) is 30.4 Å². The summed E-state index contributed by atoms with van der Waals surface area (Å²) in [5, 5.41) is 2.75. The van der Waals surface area contributed by atoms with Gasteiger partial charge >= 0.3 is 0 Å². The summed E-state index contributed by atoms with van der Waals surface area (Å²) in [6, 6.07) is 5.65. The minimum absolute atomic E-state index is 0.0571. The van der Waals surface area contributed by atoms with E-state index in [1.165, 1.54) is 11.8 Å². The Balaban J connectivity index is 2.68. The lowest BCUT2D eigenvalue weighted by Crippen LogP contribution is -2.31. The molecule has 19 heavy (non-hydrogen) atoms. The summed E-state index contributed by atoms with van der Waals surface area (Å²) in [6.45, 7) is 4.65. The van der Waals surface area contributed by atoms with E-state index in [4.69, 9.17) is 9.47 Å². The summed E-state index contributed by atoms with van der Waals surface area (Å²) in [7, 11) is 3.20. The molecule has 1 aromatic rings. The third kappa shape index (κ3) is 4.67. The third-order valence-electron chi connectivity index (χ3n) is 2.59. The molecule has 1 amide bonds. The molecule has 4 nitrogen and oxygen atoms in total. The Kier molecular flexibility index (Phi) is 6.56. The summed E-state index contributed by atoms with van der Waals surface area (Å²) in [6.07, 6.45) is 0.944. The Morgan fingerprint density at radius 2 is 2.00 bits per heavy atom. The minimum Gasteiger partial charge on any atom is -0.493 e. The molecular formula is C14H21NO3S. The molecule has 0 spiro atoms. The first-order valence-electron chi connectivity index (χ1n) is 6.28. The predicted octanol–water partition coefficient (Wildman–Crippen LogP) is 2.71. The quantitative estimate of drug-likeness (QED) is 0.782. The lowest BCUT2D eigenvalue weighted by Gasteiger charge is -2.13. The lowest BCUT2D eigenvalue weighted by atomic mass is 10.3. The van der Waals surface area contributed by atoms with Gasteiger partial charge in [-0.2, -0.15) is 0 Å². The Hall–Kier alpha value is -1.36. The fourth-order valence-corrected chi connectivity index (χ4v) is 2.46. The Labute approximate surface area is 118 Å². The highest BCUT2D eigenvalue weighted by Crippen LogP contribution is 2.33. The molecule has 1 rings (SSSR count). The lowest BCUT2D eigenvalue weighted by molar-refractivity contribution is -0.120. The Morgan fingerprint density at radius 1 is 1.32 bits per heavy atom.